The lowest BCUT2D eigenvalue weighted by atomic mass is 9.63. The molecule has 3 aromatic rings. The predicted molar refractivity (Wildman–Crippen MR) is 148 cm³/mol. The van der Waals surface area contributed by atoms with Gasteiger partial charge >= 0.3 is 0 Å². The first-order chi connectivity index (χ1) is 16.6. The number of amides is 1. The van der Waals surface area contributed by atoms with Crippen LogP contribution < -0.4 is 15.0 Å². The highest BCUT2D eigenvalue weighted by molar-refractivity contribution is 7.17. The zero-order chi connectivity index (χ0) is 25.2. The Hall–Kier alpha value is -2.79. The Bertz CT molecular complexity index is 1180. The summed E-state index contributed by atoms with van der Waals surface area (Å²) in [6.45, 7) is 10.9. The quantitative estimate of drug-likeness (QED) is 0.345. The van der Waals surface area contributed by atoms with Crippen LogP contribution in [0.15, 0.2) is 54.6 Å². The molecule has 0 atom stereocenters. The smallest absolute Gasteiger partial charge is 0.261 e. The van der Waals surface area contributed by atoms with Gasteiger partial charge in [-0.25, -0.2) is 0 Å². The number of thiophene rings is 1. The van der Waals surface area contributed by atoms with Crippen LogP contribution in [0.25, 0.3) is 10.4 Å². The number of hydrogen-bond acceptors (Lipinski definition) is 4. The molecule has 1 N–H and O–H groups in total. The number of ether oxygens (including phenoxy) is 1. The molecule has 1 aliphatic carbocycles. The third-order valence-electron chi connectivity index (χ3n) is 7.42. The fourth-order valence-corrected chi connectivity index (χ4v) is 5.92. The Kier molecular flexibility index (Phi) is 7.27. The molecule has 0 fully saturated rings. The number of nitrogens with zero attached hydrogens (tertiary/aromatic N) is 1. The van der Waals surface area contributed by atoms with Crippen molar-refractivity contribution in [2.45, 2.75) is 57.8 Å². The van der Waals surface area contributed by atoms with Crippen molar-refractivity contribution in [2.75, 3.05) is 32.1 Å². The van der Waals surface area contributed by atoms with Crippen molar-refractivity contribution < 1.29 is 9.53 Å². The molecular formula is C30H38N2O2S. The summed E-state index contributed by atoms with van der Waals surface area (Å²) in [5.74, 6) is 0.870. The van der Waals surface area contributed by atoms with Crippen LogP contribution >= 0.6 is 11.3 Å². The molecule has 4 rings (SSSR count). The van der Waals surface area contributed by atoms with Gasteiger partial charge < -0.3 is 15.0 Å². The first kappa shape index (κ1) is 25.3. The molecule has 1 heterocycles. The van der Waals surface area contributed by atoms with Crippen molar-refractivity contribution in [2.24, 2.45) is 0 Å². The molecule has 0 unspecified atom stereocenters. The molecule has 0 spiro atoms. The molecule has 4 nitrogen and oxygen atoms in total. The van der Waals surface area contributed by atoms with Gasteiger partial charge in [0.2, 0.25) is 0 Å². The zero-order valence-corrected chi connectivity index (χ0v) is 22.7. The number of carbonyl (C=O) groups excluding carboxylic acids is 1. The molecule has 1 aliphatic rings. The van der Waals surface area contributed by atoms with E-state index in [2.05, 4.69) is 69.2 Å². The highest BCUT2D eigenvalue weighted by Gasteiger charge is 2.38. The van der Waals surface area contributed by atoms with Crippen molar-refractivity contribution in [1.29, 1.82) is 0 Å². The highest BCUT2D eigenvalue weighted by atomic mass is 32.1. The van der Waals surface area contributed by atoms with Crippen LogP contribution in [0, 0.1) is 0 Å². The van der Waals surface area contributed by atoms with Crippen LogP contribution in [0.4, 0.5) is 5.69 Å². The number of rotatable bonds is 8. The van der Waals surface area contributed by atoms with Crippen molar-refractivity contribution >= 4 is 22.9 Å². The topological polar surface area (TPSA) is 41.6 Å². The normalized spacial score (nSPS) is 15.8. The molecule has 35 heavy (non-hydrogen) atoms. The Balaban J connectivity index is 1.46. The summed E-state index contributed by atoms with van der Waals surface area (Å²) in [7, 11) is 3.82. The molecule has 0 radical (unpaired) electrons. The molecule has 0 aliphatic heterocycles. The Morgan fingerprint density at radius 1 is 1.00 bits per heavy atom. The third kappa shape index (κ3) is 5.40. The van der Waals surface area contributed by atoms with Crippen molar-refractivity contribution in [3.05, 3.63) is 70.6 Å². The summed E-state index contributed by atoms with van der Waals surface area (Å²) in [4.78, 5) is 16.8. The average Bonchev–Trinajstić information content (AvgIpc) is 3.34. The Labute approximate surface area is 214 Å². The van der Waals surface area contributed by atoms with Crippen molar-refractivity contribution in [3.63, 3.8) is 0 Å². The minimum atomic E-state index is -0.0120. The number of methoxy groups -OCH3 is 1. The maximum Gasteiger partial charge on any atom is 0.261 e. The predicted octanol–water partition coefficient (Wildman–Crippen LogP) is 7.03. The van der Waals surface area contributed by atoms with Gasteiger partial charge in [0, 0.05) is 36.3 Å². The van der Waals surface area contributed by atoms with E-state index in [9.17, 15) is 4.79 Å². The van der Waals surface area contributed by atoms with Gasteiger partial charge in [-0.05, 0) is 77.6 Å². The zero-order valence-electron chi connectivity index (χ0n) is 21.9. The number of carbonyl (C=O) groups is 1. The van der Waals surface area contributed by atoms with Crippen molar-refractivity contribution in [1.82, 2.24) is 5.32 Å². The van der Waals surface area contributed by atoms with Crippen LogP contribution in [0.2, 0.25) is 0 Å². The van der Waals surface area contributed by atoms with Gasteiger partial charge in [0.1, 0.15) is 5.75 Å². The van der Waals surface area contributed by atoms with Gasteiger partial charge in [-0.2, -0.15) is 0 Å². The summed E-state index contributed by atoms with van der Waals surface area (Å²) >= 11 is 1.53. The number of fused-ring (bicyclic) bond motifs is 1. The summed E-state index contributed by atoms with van der Waals surface area (Å²) in [6, 6.07) is 18.8. The van der Waals surface area contributed by atoms with E-state index in [0.29, 0.717) is 6.54 Å². The van der Waals surface area contributed by atoms with Crippen LogP contribution in [-0.4, -0.2) is 33.2 Å². The van der Waals surface area contributed by atoms with Crippen LogP contribution in [0.3, 0.4) is 0 Å². The van der Waals surface area contributed by atoms with E-state index in [1.807, 2.05) is 30.3 Å². The van der Waals surface area contributed by atoms with E-state index in [4.69, 9.17) is 4.74 Å². The second-order valence-electron chi connectivity index (χ2n) is 10.9. The van der Waals surface area contributed by atoms with Gasteiger partial charge in [-0.1, -0.05) is 45.9 Å². The van der Waals surface area contributed by atoms with Gasteiger partial charge in [0.05, 0.1) is 12.0 Å². The monoisotopic (exact) mass is 490 g/mol. The van der Waals surface area contributed by atoms with E-state index in [-0.39, 0.29) is 16.7 Å². The average molecular weight is 491 g/mol. The number of nitrogens with one attached hydrogen (secondary N) is 1. The lowest BCUT2D eigenvalue weighted by molar-refractivity contribution is 0.0957. The summed E-state index contributed by atoms with van der Waals surface area (Å²) in [6.07, 6.45) is 3.22. The molecule has 2 aromatic carbocycles. The SMILES string of the molecule is COc1cc2c(cc1-c1ccc(C(=O)NCCCN(C)c3ccccc3)s1)C(C)(C)CCC2(C)C. The molecule has 0 saturated heterocycles. The second-order valence-corrected chi connectivity index (χ2v) is 12.0. The summed E-state index contributed by atoms with van der Waals surface area (Å²) in [5, 5.41) is 3.09. The number of anilines is 1. The molecule has 1 amide bonds. The maximum absolute atomic E-state index is 12.8. The highest BCUT2D eigenvalue weighted by Crippen LogP contribution is 2.49. The van der Waals surface area contributed by atoms with Crippen LogP contribution in [-0.2, 0) is 10.8 Å². The standard InChI is InChI=1S/C30H38N2O2S/c1-29(2)15-16-30(3,4)24-20-25(34-6)22(19-23(24)29)26-13-14-27(35-26)28(33)31-17-10-18-32(5)21-11-8-7-9-12-21/h7-9,11-14,19-20H,10,15-18H2,1-6H3,(H,31,33). The minimum absolute atomic E-state index is 0.0120. The minimum Gasteiger partial charge on any atom is -0.496 e. The Morgan fingerprint density at radius 3 is 2.31 bits per heavy atom. The molecule has 5 heteroatoms. The van der Waals surface area contributed by atoms with Gasteiger partial charge in [0.25, 0.3) is 5.91 Å². The largest absolute Gasteiger partial charge is 0.496 e. The second kappa shape index (κ2) is 10.1. The summed E-state index contributed by atoms with van der Waals surface area (Å²) in [5.41, 5.74) is 5.29. The fourth-order valence-electron chi connectivity index (χ4n) is 4.98. The van der Waals surface area contributed by atoms with Gasteiger partial charge in [-0.3, -0.25) is 4.79 Å². The third-order valence-corrected chi connectivity index (χ3v) is 8.54. The van der Waals surface area contributed by atoms with Crippen LogP contribution in [0.1, 0.15) is 67.8 Å². The number of benzene rings is 2. The number of hydrogen-bond donors (Lipinski definition) is 1. The lowest BCUT2D eigenvalue weighted by Crippen LogP contribution is -2.33. The molecule has 1 aromatic heterocycles. The first-order valence-electron chi connectivity index (χ1n) is 12.5. The molecule has 186 valence electrons. The fraction of sp³-hybridized carbons (Fsp3) is 0.433. The van der Waals surface area contributed by atoms with E-state index in [1.165, 1.54) is 34.6 Å². The summed E-state index contributed by atoms with van der Waals surface area (Å²) < 4.78 is 5.84. The molecular weight excluding hydrogens is 452 g/mol. The maximum atomic E-state index is 12.8. The Morgan fingerprint density at radius 2 is 1.66 bits per heavy atom. The van der Waals surface area contributed by atoms with E-state index in [0.717, 1.165) is 40.5 Å². The van der Waals surface area contributed by atoms with Gasteiger partial charge in [-0.15, -0.1) is 11.3 Å². The van der Waals surface area contributed by atoms with Crippen LogP contribution in [0.5, 0.6) is 5.75 Å². The molecule has 0 saturated carbocycles. The van der Waals surface area contributed by atoms with Gasteiger partial charge in [0.15, 0.2) is 0 Å². The van der Waals surface area contributed by atoms with Crippen molar-refractivity contribution in [3.8, 4) is 16.2 Å². The van der Waals surface area contributed by atoms with E-state index < -0.39 is 0 Å². The van der Waals surface area contributed by atoms with E-state index >= 15 is 0 Å². The first-order valence-corrected chi connectivity index (χ1v) is 13.3. The van der Waals surface area contributed by atoms with E-state index in [1.54, 1.807) is 7.11 Å². The molecule has 0 bridgehead atoms. The number of para-hydroxylation sites is 1. The lowest BCUT2D eigenvalue weighted by Gasteiger charge is -2.42.